The Balaban J connectivity index is 1.78. The third-order valence-corrected chi connectivity index (χ3v) is 7.60. The molecule has 0 radical (unpaired) electrons. The van der Waals surface area contributed by atoms with Gasteiger partial charge in [0.2, 0.25) is 11.9 Å². The Morgan fingerprint density at radius 3 is 2.44 bits per heavy atom. The minimum atomic E-state index is -4.87. The molecule has 15 heteroatoms. The zero-order valence-electron chi connectivity index (χ0n) is 25.3. The number of benzene rings is 2. The molecule has 1 atom stereocenters. The van der Waals surface area contributed by atoms with Crippen molar-refractivity contribution in [3.8, 4) is 5.75 Å². The molecule has 1 saturated heterocycles. The predicted octanol–water partition coefficient (Wildman–Crippen LogP) is 6.28. The fourth-order valence-corrected chi connectivity index (χ4v) is 5.08. The molecule has 1 unspecified atom stereocenters. The number of aromatic nitrogens is 2. The SMILES string of the molecule is C=CC(=O)Nc1cc(Nc2ncc(C(F)(F)F)c(Nc3cc(Cl)c(F)cc3C(C)(C)O)n2)c(OC)cc1N1CCC(N(C)C)C1. The molecule has 1 aliphatic rings. The van der Waals surface area contributed by atoms with Crippen molar-refractivity contribution in [2.45, 2.75) is 38.1 Å². The first-order valence-electron chi connectivity index (χ1n) is 13.8. The number of amides is 1. The zero-order valence-corrected chi connectivity index (χ0v) is 26.1. The van der Waals surface area contributed by atoms with E-state index in [4.69, 9.17) is 16.3 Å². The van der Waals surface area contributed by atoms with Crippen LogP contribution in [0.4, 0.5) is 52.1 Å². The molecule has 0 bridgehead atoms. The molecule has 10 nitrogen and oxygen atoms in total. The van der Waals surface area contributed by atoms with E-state index in [-0.39, 0.29) is 34.0 Å². The number of hydrogen-bond acceptors (Lipinski definition) is 9. The average molecular weight is 652 g/mol. The van der Waals surface area contributed by atoms with E-state index in [0.29, 0.717) is 36.4 Å². The second-order valence-electron chi connectivity index (χ2n) is 11.2. The molecule has 0 aliphatic carbocycles. The van der Waals surface area contributed by atoms with Crippen molar-refractivity contribution in [2.75, 3.05) is 55.1 Å². The quantitative estimate of drug-likeness (QED) is 0.149. The van der Waals surface area contributed by atoms with Crippen LogP contribution in [0.5, 0.6) is 5.75 Å². The van der Waals surface area contributed by atoms with Gasteiger partial charge in [-0.3, -0.25) is 4.79 Å². The fourth-order valence-electron chi connectivity index (χ4n) is 4.91. The molecule has 4 N–H and O–H groups in total. The van der Waals surface area contributed by atoms with Crippen LogP contribution in [0.2, 0.25) is 5.02 Å². The molecule has 3 aromatic rings. The lowest BCUT2D eigenvalue weighted by atomic mass is 9.96. The van der Waals surface area contributed by atoms with Gasteiger partial charge < -0.3 is 35.6 Å². The van der Waals surface area contributed by atoms with Crippen LogP contribution in [-0.4, -0.2) is 66.2 Å². The van der Waals surface area contributed by atoms with E-state index < -0.39 is 34.9 Å². The van der Waals surface area contributed by atoms with Crippen molar-refractivity contribution >= 4 is 52.0 Å². The van der Waals surface area contributed by atoms with Crippen LogP contribution in [0.15, 0.2) is 43.1 Å². The van der Waals surface area contributed by atoms with E-state index in [1.165, 1.54) is 21.0 Å². The molecule has 242 valence electrons. The van der Waals surface area contributed by atoms with Crippen LogP contribution in [-0.2, 0) is 16.6 Å². The number of hydrogen-bond donors (Lipinski definition) is 4. The molecule has 1 aromatic heterocycles. The van der Waals surface area contributed by atoms with Gasteiger partial charge in [0.1, 0.15) is 22.9 Å². The zero-order chi connectivity index (χ0) is 33.3. The van der Waals surface area contributed by atoms with Crippen LogP contribution < -0.4 is 25.6 Å². The first-order valence-corrected chi connectivity index (χ1v) is 14.2. The van der Waals surface area contributed by atoms with Gasteiger partial charge in [-0.25, -0.2) is 9.37 Å². The molecule has 1 fully saturated rings. The Morgan fingerprint density at radius 2 is 1.87 bits per heavy atom. The highest BCUT2D eigenvalue weighted by Gasteiger charge is 2.36. The number of aliphatic hydroxyl groups is 1. The maximum Gasteiger partial charge on any atom is 0.421 e. The number of methoxy groups -OCH3 is 1. The summed E-state index contributed by atoms with van der Waals surface area (Å²) < 4.78 is 62.0. The maximum atomic E-state index is 14.3. The van der Waals surface area contributed by atoms with Gasteiger partial charge in [0, 0.05) is 42.6 Å². The van der Waals surface area contributed by atoms with Crippen LogP contribution in [0.1, 0.15) is 31.4 Å². The van der Waals surface area contributed by atoms with Crippen molar-refractivity contribution in [3.05, 3.63) is 65.1 Å². The summed E-state index contributed by atoms with van der Waals surface area (Å²) in [5.74, 6) is -1.96. The molecule has 4 rings (SSSR count). The highest BCUT2D eigenvalue weighted by atomic mass is 35.5. The number of alkyl halides is 3. The molecule has 2 aromatic carbocycles. The van der Waals surface area contributed by atoms with Crippen LogP contribution >= 0.6 is 11.6 Å². The van der Waals surface area contributed by atoms with Gasteiger partial charge in [0.05, 0.1) is 34.8 Å². The van der Waals surface area contributed by atoms with Gasteiger partial charge in [-0.2, -0.15) is 18.2 Å². The normalized spacial score (nSPS) is 15.3. The maximum absolute atomic E-state index is 14.3. The monoisotopic (exact) mass is 651 g/mol. The number of carbonyl (C=O) groups is 1. The number of likely N-dealkylation sites (N-methyl/N-ethyl adjacent to an activating group) is 1. The van der Waals surface area contributed by atoms with Gasteiger partial charge in [0.25, 0.3) is 0 Å². The number of carbonyl (C=O) groups excluding carboxylic acids is 1. The molecule has 0 saturated carbocycles. The van der Waals surface area contributed by atoms with E-state index in [2.05, 4.69) is 42.3 Å². The largest absolute Gasteiger partial charge is 0.494 e. The van der Waals surface area contributed by atoms with Gasteiger partial charge in [-0.15, -0.1) is 0 Å². The lowest BCUT2D eigenvalue weighted by molar-refractivity contribution is -0.137. The van der Waals surface area contributed by atoms with Crippen LogP contribution in [0, 0.1) is 5.82 Å². The van der Waals surface area contributed by atoms with Gasteiger partial charge in [-0.1, -0.05) is 18.2 Å². The second-order valence-corrected chi connectivity index (χ2v) is 11.6. The Hall–Kier alpha value is -4.14. The number of anilines is 6. The molecule has 1 amide bonds. The number of rotatable bonds is 10. The number of nitrogens with one attached hydrogen (secondary N) is 3. The van der Waals surface area contributed by atoms with Gasteiger partial charge >= 0.3 is 6.18 Å². The summed E-state index contributed by atoms with van der Waals surface area (Å²) in [4.78, 5) is 24.5. The van der Waals surface area contributed by atoms with E-state index in [1.54, 1.807) is 12.1 Å². The molecular weight excluding hydrogens is 618 g/mol. The number of nitrogens with zero attached hydrogens (tertiary/aromatic N) is 4. The Bertz CT molecular complexity index is 1600. The van der Waals surface area contributed by atoms with Crippen LogP contribution in [0.3, 0.4) is 0 Å². The minimum Gasteiger partial charge on any atom is -0.494 e. The molecular formula is C30H34ClF4N7O3. The third-order valence-electron chi connectivity index (χ3n) is 7.31. The summed E-state index contributed by atoms with van der Waals surface area (Å²) in [5, 5.41) is 18.4. The van der Waals surface area contributed by atoms with E-state index >= 15 is 0 Å². The molecule has 1 aliphatic heterocycles. The summed E-state index contributed by atoms with van der Waals surface area (Å²) in [6.45, 7) is 7.61. The van der Waals surface area contributed by atoms with E-state index in [1.807, 2.05) is 14.1 Å². The first kappa shape index (κ1) is 33.7. The topological polar surface area (TPSA) is 115 Å². The highest BCUT2D eigenvalue weighted by molar-refractivity contribution is 6.31. The lowest BCUT2D eigenvalue weighted by Crippen LogP contribution is -2.31. The van der Waals surface area contributed by atoms with Crippen molar-refractivity contribution in [1.29, 1.82) is 0 Å². The Labute approximate surface area is 263 Å². The lowest BCUT2D eigenvalue weighted by Gasteiger charge is -2.26. The van der Waals surface area contributed by atoms with Crippen molar-refractivity contribution in [3.63, 3.8) is 0 Å². The van der Waals surface area contributed by atoms with E-state index in [0.717, 1.165) is 24.6 Å². The summed E-state index contributed by atoms with van der Waals surface area (Å²) >= 11 is 5.93. The standard InChI is InChI=1S/C30H34ClF4N7O3/c1-7-26(43)37-22-12-23(25(45-6)13-24(22)42-9-8-16(15-42)41(4)5)39-28-36-14-18(30(33,34)35)27(40-28)38-21-11-19(31)20(32)10-17(21)29(2,3)44/h7,10-14,16,44H,1,8-9,15H2,2-6H3,(H,37,43)(H2,36,38,39,40). The van der Waals surface area contributed by atoms with E-state index in [9.17, 15) is 27.5 Å². The van der Waals surface area contributed by atoms with Crippen LogP contribution in [0.25, 0.3) is 0 Å². The Morgan fingerprint density at radius 1 is 1.16 bits per heavy atom. The van der Waals surface area contributed by atoms with Crippen molar-refractivity contribution in [2.24, 2.45) is 0 Å². The summed E-state index contributed by atoms with van der Waals surface area (Å²) in [6, 6.07) is 5.56. The fraction of sp³-hybridized carbons (Fsp3) is 0.367. The predicted molar refractivity (Wildman–Crippen MR) is 166 cm³/mol. The molecule has 2 heterocycles. The second kappa shape index (κ2) is 13.1. The summed E-state index contributed by atoms with van der Waals surface area (Å²) in [5.41, 5.74) is -1.68. The third kappa shape index (κ3) is 7.75. The van der Waals surface area contributed by atoms with Crippen molar-refractivity contribution < 1.29 is 32.2 Å². The summed E-state index contributed by atoms with van der Waals surface area (Å²) in [6.07, 6.45) is -2.28. The Kier molecular flexibility index (Phi) is 9.80. The van der Waals surface area contributed by atoms with Gasteiger partial charge in [-0.05, 0) is 58.6 Å². The van der Waals surface area contributed by atoms with Gasteiger partial charge in [0.15, 0.2) is 0 Å². The summed E-state index contributed by atoms with van der Waals surface area (Å²) in [7, 11) is 5.41. The first-order chi connectivity index (χ1) is 21.0. The van der Waals surface area contributed by atoms with Crippen molar-refractivity contribution in [1.82, 2.24) is 14.9 Å². The number of halogens is 5. The minimum absolute atomic E-state index is 0.0519. The number of ether oxygens (including phenoxy) is 1. The molecule has 45 heavy (non-hydrogen) atoms. The highest BCUT2D eigenvalue weighted by Crippen LogP contribution is 2.42. The smallest absolute Gasteiger partial charge is 0.421 e. The average Bonchev–Trinajstić information content (AvgIpc) is 3.44. The molecule has 0 spiro atoms.